The van der Waals surface area contributed by atoms with Crippen LogP contribution in [-0.2, 0) is 9.53 Å². The van der Waals surface area contributed by atoms with Crippen LogP contribution >= 0.6 is 0 Å². The lowest BCUT2D eigenvalue weighted by Gasteiger charge is -2.08. The van der Waals surface area contributed by atoms with E-state index in [0.717, 1.165) is 12.1 Å². The number of benzene rings is 2. The molecule has 0 aliphatic heterocycles. The van der Waals surface area contributed by atoms with Gasteiger partial charge in [-0.1, -0.05) is 6.07 Å². The van der Waals surface area contributed by atoms with Gasteiger partial charge in [-0.3, -0.25) is 14.9 Å². The summed E-state index contributed by atoms with van der Waals surface area (Å²) in [5.41, 5.74) is 0.348. The Bertz CT molecular complexity index is 855. The third-order valence-electron chi connectivity index (χ3n) is 3.27. The number of amides is 1. The van der Waals surface area contributed by atoms with E-state index in [1.165, 1.54) is 24.3 Å². The van der Waals surface area contributed by atoms with Crippen LogP contribution in [0.2, 0.25) is 0 Å². The molecule has 1 N–H and O–H groups in total. The van der Waals surface area contributed by atoms with Gasteiger partial charge in [-0.05, 0) is 42.8 Å². The Morgan fingerprint density at radius 3 is 2.44 bits per heavy atom. The summed E-state index contributed by atoms with van der Waals surface area (Å²) in [5, 5.41) is 13.3. The zero-order valence-electron chi connectivity index (χ0n) is 14.0. The number of alkyl halides is 2. The van der Waals surface area contributed by atoms with Gasteiger partial charge in [-0.15, -0.1) is 0 Å². The van der Waals surface area contributed by atoms with Crippen molar-refractivity contribution < 1.29 is 32.8 Å². The molecule has 2 rings (SSSR count). The highest BCUT2D eigenvalue weighted by Gasteiger charge is 2.17. The maximum Gasteiger partial charge on any atom is 0.387 e. The minimum Gasteiger partial charge on any atom is -0.452 e. The number of anilines is 1. The van der Waals surface area contributed by atoms with Crippen molar-refractivity contribution in [2.75, 3.05) is 11.9 Å². The summed E-state index contributed by atoms with van der Waals surface area (Å²) in [6.45, 7) is -2.01. The van der Waals surface area contributed by atoms with Crippen LogP contribution < -0.4 is 10.1 Å². The van der Waals surface area contributed by atoms with Crippen molar-refractivity contribution in [1.82, 2.24) is 0 Å². The van der Waals surface area contributed by atoms with Gasteiger partial charge in [0, 0.05) is 6.07 Å². The molecule has 1 amide bonds. The van der Waals surface area contributed by atoms with Gasteiger partial charge in [0.15, 0.2) is 6.61 Å². The molecule has 0 saturated carbocycles. The lowest BCUT2D eigenvalue weighted by Crippen LogP contribution is -2.21. The normalized spacial score (nSPS) is 10.4. The van der Waals surface area contributed by atoms with Crippen LogP contribution in [0.3, 0.4) is 0 Å². The first kappa shape index (κ1) is 19.8. The van der Waals surface area contributed by atoms with Crippen molar-refractivity contribution in [2.45, 2.75) is 13.5 Å². The predicted octanol–water partition coefficient (Wildman–Crippen LogP) is 3.30. The van der Waals surface area contributed by atoms with E-state index in [1.807, 2.05) is 0 Å². The van der Waals surface area contributed by atoms with Crippen molar-refractivity contribution >= 4 is 23.3 Å². The fraction of sp³-hybridized carbons (Fsp3) is 0.176. The van der Waals surface area contributed by atoms with E-state index in [2.05, 4.69) is 10.1 Å². The standard InChI is InChI=1S/C17H14F2N2O6/c1-10-2-7-13(14(8-10)21(24)25)20-15(22)9-26-16(23)11-3-5-12(6-4-11)27-17(18)19/h2-8,17H,9H2,1H3,(H,20,22). The Morgan fingerprint density at radius 1 is 1.19 bits per heavy atom. The summed E-state index contributed by atoms with van der Waals surface area (Å²) < 4.78 is 33.1. The van der Waals surface area contributed by atoms with Gasteiger partial charge in [0.05, 0.1) is 10.5 Å². The molecule has 0 saturated heterocycles. The average Bonchev–Trinajstić information content (AvgIpc) is 2.61. The number of hydrogen-bond acceptors (Lipinski definition) is 6. The number of ether oxygens (including phenoxy) is 2. The molecule has 2 aromatic carbocycles. The molecular weight excluding hydrogens is 366 g/mol. The summed E-state index contributed by atoms with van der Waals surface area (Å²) in [6, 6.07) is 8.94. The highest BCUT2D eigenvalue weighted by atomic mass is 19.3. The number of aryl methyl sites for hydroxylation is 1. The summed E-state index contributed by atoms with van der Waals surface area (Å²) in [5.74, 6) is -1.77. The molecule has 0 aliphatic rings. The SMILES string of the molecule is Cc1ccc(NC(=O)COC(=O)c2ccc(OC(F)F)cc2)c([N+](=O)[O-])c1. The number of hydrogen-bond donors (Lipinski definition) is 1. The quantitative estimate of drug-likeness (QED) is 0.449. The molecule has 0 radical (unpaired) electrons. The summed E-state index contributed by atoms with van der Waals surface area (Å²) >= 11 is 0. The third kappa shape index (κ3) is 5.73. The number of halogens is 2. The lowest BCUT2D eigenvalue weighted by atomic mass is 10.2. The molecule has 142 valence electrons. The predicted molar refractivity (Wildman–Crippen MR) is 89.8 cm³/mol. The van der Waals surface area contributed by atoms with Crippen molar-refractivity contribution in [3.63, 3.8) is 0 Å². The average molecular weight is 380 g/mol. The maximum absolute atomic E-state index is 12.1. The van der Waals surface area contributed by atoms with Crippen molar-refractivity contribution in [1.29, 1.82) is 0 Å². The highest BCUT2D eigenvalue weighted by molar-refractivity contribution is 5.96. The van der Waals surface area contributed by atoms with Gasteiger partial charge in [-0.2, -0.15) is 8.78 Å². The second kappa shape index (κ2) is 8.70. The smallest absolute Gasteiger partial charge is 0.387 e. The molecule has 27 heavy (non-hydrogen) atoms. The molecule has 0 aliphatic carbocycles. The lowest BCUT2D eigenvalue weighted by molar-refractivity contribution is -0.384. The van der Waals surface area contributed by atoms with E-state index in [-0.39, 0.29) is 22.7 Å². The molecule has 0 fully saturated rings. The topological polar surface area (TPSA) is 108 Å². The van der Waals surface area contributed by atoms with Crippen molar-refractivity contribution in [3.8, 4) is 5.75 Å². The van der Waals surface area contributed by atoms with E-state index in [4.69, 9.17) is 4.74 Å². The summed E-state index contributed by atoms with van der Waals surface area (Å²) in [6.07, 6.45) is 0. The van der Waals surface area contributed by atoms with Crippen LogP contribution in [0.25, 0.3) is 0 Å². The number of carbonyl (C=O) groups is 2. The Balaban J connectivity index is 1.94. The van der Waals surface area contributed by atoms with E-state index in [1.54, 1.807) is 13.0 Å². The Morgan fingerprint density at radius 2 is 1.85 bits per heavy atom. The molecule has 0 atom stereocenters. The van der Waals surface area contributed by atoms with E-state index >= 15 is 0 Å². The number of nitrogens with one attached hydrogen (secondary N) is 1. The summed E-state index contributed by atoms with van der Waals surface area (Å²) in [7, 11) is 0. The zero-order chi connectivity index (χ0) is 20.0. The zero-order valence-corrected chi connectivity index (χ0v) is 14.0. The number of nitrogens with zero attached hydrogens (tertiary/aromatic N) is 1. The second-order valence-corrected chi connectivity index (χ2v) is 5.30. The van der Waals surface area contributed by atoms with Crippen LogP contribution in [0.15, 0.2) is 42.5 Å². The van der Waals surface area contributed by atoms with E-state index < -0.39 is 30.0 Å². The molecule has 0 aromatic heterocycles. The van der Waals surface area contributed by atoms with E-state index in [0.29, 0.717) is 5.56 Å². The second-order valence-electron chi connectivity index (χ2n) is 5.30. The van der Waals surface area contributed by atoms with Crippen molar-refractivity contribution in [2.24, 2.45) is 0 Å². The largest absolute Gasteiger partial charge is 0.452 e. The van der Waals surface area contributed by atoms with Gasteiger partial charge in [0.2, 0.25) is 0 Å². The van der Waals surface area contributed by atoms with Gasteiger partial charge in [0.25, 0.3) is 11.6 Å². The monoisotopic (exact) mass is 380 g/mol. The third-order valence-corrected chi connectivity index (χ3v) is 3.27. The fourth-order valence-electron chi connectivity index (χ4n) is 2.07. The molecule has 2 aromatic rings. The van der Waals surface area contributed by atoms with Crippen LogP contribution in [-0.4, -0.2) is 30.0 Å². The van der Waals surface area contributed by atoms with Gasteiger partial charge < -0.3 is 14.8 Å². The molecular formula is C17H14F2N2O6. The van der Waals surface area contributed by atoms with Crippen LogP contribution in [0.4, 0.5) is 20.2 Å². The minimum absolute atomic E-state index is 0.0192. The minimum atomic E-state index is -2.99. The Labute approximate surface area is 151 Å². The number of carbonyl (C=O) groups excluding carboxylic acids is 2. The molecule has 10 heteroatoms. The van der Waals surface area contributed by atoms with Gasteiger partial charge in [0.1, 0.15) is 11.4 Å². The molecule has 0 unspecified atom stereocenters. The first-order chi connectivity index (χ1) is 12.8. The van der Waals surface area contributed by atoms with Gasteiger partial charge in [-0.25, -0.2) is 4.79 Å². The van der Waals surface area contributed by atoms with Crippen LogP contribution in [0.1, 0.15) is 15.9 Å². The first-order valence-electron chi connectivity index (χ1n) is 7.53. The van der Waals surface area contributed by atoms with E-state index in [9.17, 15) is 28.5 Å². The maximum atomic E-state index is 12.1. The number of rotatable bonds is 7. The Kier molecular flexibility index (Phi) is 6.36. The molecule has 0 spiro atoms. The number of nitro benzene ring substituents is 1. The fourth-order valence-corrected chi connectivity index (χ4v) is 2.07. The van der Waals surface area contributed by atoms with Crippen molar-refractivity contribution in [3.05, 3.63) is 63.7 Å². The molecule has 0 heterocycles. The molecule has 8 nitrogen and oxygen atoms in total. The molecule has 0 bridgehead atoms. The Hall–Kier alpha value is -3.56. The van der Waals surface area contributed by atoms with Gasteiger partial charge >= 0.3 is 12.6 Å². The van der Waals surface area contributed by atoms with Crippen LogP contribution in [0.5, 0.6) is 5.75 Å². The number of esters is 1. The first-order valence-corrected chi connectivity index (χ1v) is 7.53. The number of nitro groups is 1. The van der Waals surface area contributed by atoms with Crippen LogP contribution in [0, 0.1) is 17.0 Å². The highest BCUT2D eigenvalue weighted by Crippen LogP contribution is 2.25. The summed E-state index contributed by atoms with van der Waals surface area (Å²) in [4.78, 5) is 34.1.